The molecule has 0 fully saturated rings. The van der Waals surface area contributed by atoms with Crippen molar-refractivity contribution in [1.82, 2.24) is 9.97 Å². The molecule has 0 unspecified atom stereocenters. The molecule has 1 heterocycles. The van der Waals surface area contributed by atoms with E-state index in [1.165, 1.54) is 23.9 Å². The molecule has 0 aliphatic heterocycles. The number of aromatic carboxylic acids is 1. The number of nitrogens with zero attached hydrogens (tertiary/aromatic N) is 2. The average Bonchev–Trinajstić information content (AvgIpc) is 2.30. The first-order chi connectivity index (χ1) is 8.95. The van der Waals surface area contributed by atoms with Crippen LogP contribution in [0, 0.1) is 13.8 Å². The SMILES string of the molecule is Cc1cc(C)nc(Sc2ccc(C(=O)O)cc2Cl)n1. The largest absolute Gasteiger partial charge is 0.478 e. The van der Waals surface area contributed by atoms with Crippen LogP contribution in [0.3, 0.4) is 0 Å². The molecular weight excluding hydrogens is 284 g/mol. The van der Waals surface area contributed by atoms with E-state index in [4.69, 9.17) is 16.7 Å². The van der Waals surface area contributed by atoms with Gasteiger partial charge in [0.2, 0.25) is 0 Å². The molecular formula is C13H11ClN2O2S. The van der Waals surface area contributed by atoms with Crippen LogP contribution in [0.2, 0.25) is 5.02 Å². The minimum Gasteiger partial charge on any atom is -0.478 e. The highest BCUT2D eigenvalue weighted by Crippen LogP contribution is 2.32. The van der Waals surface area contributed by atoms with Crippen molar-refractivity contribution in [2.75, 3.05) is 0 Å². The van der Waals surface area contributed by atoms with E-state index in [1.54, 1.807) is 6.07 Å². The van der Waals surface area contributed by atoms with Crippen LogP contribution in [0.15, 0.2) is 34.3 Å². The molecule has 0 saturated carbocycles. The van der Waals surface area contributed by atoms with Crippen LogP contribution >= 0.6 is 23.4 Å². The summed E-state index contributed by atoms with van der Waals surface area (Å²) in [7, 11) is 0. The fourth-order valence-corrected chi connectivity index (χ4v) is 2.72. The number of carboxylic acid groups (broad SMARTS) is 1. The van der Waals surface area contributed by atoms with E-state index in [-0.39, 0.29) is 5.56 Å². The molecule has 4 nitrogen and oxygen atoms in total. The summed E-state index contributed by atoms with van der Waals surface area (Å²) in [5, 5.41) is 9.85. The summed E-state index contributed by atoms with van der Waals surface area (Å²) >= 11 is 7.38. The molecule has 98 valence electrons. The topological polar surface area (TPSA) is 63.1 Å². The second kappa shape index (κ2) is 5.59. The minimum absolute atomic E-state index is 0.163. The smallest absolute Gasteiger partial charge is 0.335 e. The fourth-order valence-electron chi connectivity index (χ4n) is 1.55. The van der Waals surface area contributed by atoms with Gasteiger partial charge in [0.1, 0.15) is 0 Å². The molecule has 0 radical (unpaired) electrons. The van der Waals surface area contributed by atoms with Gasteiger partial charge in [0.05, 0.1) is 10.6 Å². The molecule has 0 saturated heterocycles. The molecule has 1 aromatic carbocycles. The third-order valence-electron chi connectivity index (χ3n) is 2.34. The minimum atomic E-state index is -0.999. The number of benzene rings is 1. The van der Waals surface area contributed by atoms with E-state index < -0.39 is 5.97 Å². The molecule has 19 heavy (non-hydrogen) atoms. The summed E-state index contributed by atoms with van der Waals surface area (Å²) in [5.41, 5.74) is 1.93. The Labute approximate surface area is 119 Å². The zero-order valence-corrected chi connectivity index (χ0v) is 11.9. The Balaban J connectivity index is 2.30. The molecule has 1 N–H and O–H groups in total. The molecule has 0 bridgehead atoms. The zero-order valence-electron chi connectivity index (χ0n) is 10.3. The van der Waals surface area contributed by atoms with Crippen LogP contribution in [0.1, 0.15) is 21.7 Å². The van der Waals surface area contributed by atoms with Crippen molar-refractivity contribution >= 4 is 29.3 Å². The molecule has 0 atom stereocenters. The first-order valence-electron chi connectivity index (χ1n) is 5.48. The Morgan fingerprint density at radius 3 is 2.37 bits per heavy atom. The third-order valence-corrected chi connectivity index (χ3v) is 3.71. The lowest BCUT2D eigenvalue weighted by atomic mass is 10.2. The third kappa shape index (κ3) is 3.45. The Morgan fingerprint density at radius 1 is 1.21 bits per heavy atom. The Bertz CT molecular complexity index is 626. The van der Waals surface area contributed by atoms with Gasteiger partial charge in [-0.15, -0.1) is 0 Å². The summed E-state index contributed by atoms with van der Waals surface area (Å²) < 4.78 is 0. The summed E-state index contributed by atoms with van der Waals surface area (Å²) in [6.45, 7) is 3.79. The van der Waals surface area contributed by atoms with Crippen molar-refractivity contribution in [3.63, 3.8) is 0 Å². The number of carboxylic acids is 1. The van der Waals surface area contributed by atoms with Crippen molar-refractivity contribution in [1.29, 1.82) is 0 Å². The van der Waals surface area contributed by atoms with Gasteiger partial charge in [-0.1, -0.05) is 11.6 Å². The lowest BCUT2D eigenvalue weighted by molar-refractivity contribution is 0.0697. The summed E-state index contributed by atoms with van der Waals surface area (Å²) in [4.78, 5) is 20.2. The quantitative estimate of drug-likeness (QED) is 0.876. The van der Waals surface area contributed by atoms with Crippen LogP contribution in [-0.2, 0) is 0 Å². The van der Waals surface area contributed by atoms with E-state index in [0.29, 0.717) is 10.2 Å². The van der Waals surface area contributed by atoms with Crippen LogP contribution in [0.5, 0.6) is 0 Å². The van der Waals surface area contributed by atoms with Crippen molar-refractivity contribution in [2.45, 2.75) is 23.9 Å². The summed E-state index contributed by atoms with van der Waals surface area (Å²) in [5.74, 6) is -0.999. The molecule has 0 aliphatic carbocycles. The summed E-state index contributed by atoms with van der Waals surface area (Å²) in [6, 6.07) is 6.49. The van der Waals surface area contributed by atoms with Gasteiger partial charge in [-0.25, -0.2) is 14.8 Å². The predicted molar refractivity (Wildman–Crippen MR) is 74.0 cm³/mol. The number of rotatable bonds is 3. The molecule has 2 rings (SSSR count). The van der Waals surface area contributed by atoms with Gasteiger partial charge in [0, 0.05) is 16.3 Å². The zero-order chi connectivity index (χ0) is 14.0. The number of aromatic nitrogens is 2. The van der Waals surface area contributed by atoms with E-state index in [2.05, 4.69) is 9.97 Å². The summed E-state index contributed by atoms with van der Waals surface area (Å²) in [6.07, 6.45) is 0. The lowest BCUT2D eigenvalue weighted by Gasteiger charge is -2.05. The highest BCUT2D eigenvalue weighted by molar-refractivity contribution is 7.99. The van der Waals surface area contributed by atoms with E-state index in [9.17, 15) is 4.79 Å². The number of hydrogen-bond donors (Lipinski definition) is 1. The number of halogens is 1. The van der Waals surface area contributed by atoms with Gasteiger partial charge in [0.25, 0.3) is 0 Å². The van der Waals surface area contributed by atoms with Crippen LogP contribution in [0.25, 0.3) is 0 Å². The van der Waals surface area contributed by atoms with Crippen molar-refractivity contribution in [3.8, 4) is 0 Å². The average molecular weight is 295 g/mol. The molecule has 6 heteroatoms. The number of aryl methyl sites for hydroxylation is 2. The Kier molecular flexibility index (Phi) is 4.07. The first kappa shape index (κ1) is 13.8. The van der Waals surface area contributed by atoms with Crippen LogP contribution < -0.4 is 0 Å². The Morgan fingerprint density at radius 2 is 1.84 bits per heavy atom. The van der Waals surface area contributed by atoms with Crippen LogP contribution in [0.4, 0.5) is 0 Å². The molecule has 0 aliphatic rings. The highest BCUT2D eigenvalue weighted by Gasteiger charge is 2.10. The predicted octanol–water partition coefficient (Wildman–Crippen LogP) is 3.60. The maximum atomic E-state index is 10.8. The molecule has 2 aromatic rings. The van der Waals surface area contributed by atoms with Gasteiger partial charge in [-0.05, 0) is 49.9 Å². The lowest BCUT2D eigenvalue weighted by Crippen LogP contribution is -1.96. The second-order valence-corrected chi connectivity index (χ2v) is 5.40. The number of carbonyl (C=O) groups is 1. The van der Waals surface area contributed by atoms with Crippen molar-refractivity contribution < 1.29 is 9.90 Å². The van der Waals surface area contributed by atoms with Crippen molar-refractivity contribution in [3.05, 3.63) is 46.2 Å². The molecule has 1 aromatic heterocycles. The van der Waals surface area contributed by atoms with Crippen LogP contribution in [-0.4, -0.2) is 21.0 Å². The van der Waals surface area contributed by atoms with Gasteiger partial charge < -0.3 is 5.11 Å². The van der Waals surface area contributed by atoms with Gasteiger partial charge in [0.15, 0.2) is 5.16 Å². The maximum absolute atomic E-state index is 10.8. The molecule has 0 amide bonds. The molecule has 0 spiro atoms. The fraction of sp³-hybridized carbons (Fsp3) is 0.154. The van der Waals surface area contributed by atoms with E-state index in [0.717, 1.165) is 16.3 Å². The van der Waals surface area contributed by atoms with Gasteiger partial charge in [-0.3, -0.25) is 0 Å². The Hall–Kier alpha value is -1.59. The van der Waals surface area contributed by atoms with Gasteiger partial charge >= 0.3 is 5.97 Å². The first-order valence-corrected chi connectivity index (χ1v) is 6.68. The van der Waals surface area contributed by atoms with Crippen molar-refractivity contribution in [2.24, 2.45) is 0 Å². The normalized spacial score (nSPS) is 10.5. The second-order valence-electron chi connectivity index (χ2n) is 3.99. The van der Waals surface area contributed by atoms with E-state index in [1.807, 2.05) is 19.9 Å². The van der Waals surface area contributed by atoms with E-state index >= 15 is 0 Å². The maximum Gasteiger partial charge on any atom is 0.335 e. The highest BCUT2D eigenvalue weighted by atomic mass is 35.5. The standard InChI is InChI=1S/C13H11ClN2O2S/c1-7-5-8(2)16-13(15-7)19-11-4-3-9(12(17)18)6-10(11)14/h3-6H,1-2H3,(H,17,18). The number of hydrogen-bond acceptors (Lipinski definition) is 4. The monoisotopic (exact) mass is 294 g/mol. The van der Waals surface area contributed by atoms with Gasteiger partial charge in [-0.2, -0.15) is 0 Å².